The van der Waals surface area contributed by atoms with Crippen molar-refractivity contribution in [3.8, 4) is 5.75 Å². The minimum absolute atomic E-state index is 0.768. The fraction of sp³-hybridized carbons (Fsp3) is 0.400. The molecule has 0 heterocycles. The quantitative estimate of drug-likeness (QED) is 0.768. The largest absolute Gasteiger partial charge is 0.497 e. The monoisotopic (exact) mass is 263 g/mol. The number of aliphatic carboxylic acids is 1. The second kappa shape index (κ2) is 7.59. The van der Waals surface area contributed by atoms with E-state index in [9.17, 15) is 4.79 Å². The van der Waals surface area contributed by atoms with Crippen LogP contribution in [0.3, 0.4) is 0 Å². The third kappa shape index (κ3) is 5.14. The van der Waals surface area contributed by atoms with E-state index in [-0.39, 0.29) is 0 Å². The number of benzene rings is 1. The lowest BCUT2D eigenvalue weighted by atomic mass is 10.1. The average molecular weight is 263 g/mol. The maximum absolute atomic E-state index is 10.6. The Morgan fingerprint density at radius 2 is 2.21 bits per heavy atom. The molecule has 4 heteroatoms. The molecule has 1 aromatic rings. The molecule has 0 radical (unpaired) electrons. The highest BCUT2D eigenvalue weighted by Crippen LogP contribution is 2.20. The highest BCUT2D eigenvalue weighted by atomic mass is 16.5. The molecule has 0 fully saturated rings. The molecule has 104 valence electrons. The Bertz CT molecular complexity index is 455. The minimum atomic E-state index is -0.941. The SMILES string of the molecule is CCCN(C)Cc1cc(OC)ccc1C=CC(=O)O. The Balaban J connectivity index is 2.98. The van der Waals surface area contributed by atoms with E-state index in [2.05, 4.69) is 11.8 Å². The highest BCUT2D eigenvalue weighted by molar-refractivity contribution is 5.85. The number of ether oxygens (including phenoxy) is 1. The van der Waals surface area contributed by atoms with Crippen LogP contribution < -0.4 is 4.74 Å². The van der Waals surface area contributed by atoms with Crippen LogP contribution in [0.5, 0.6) is 5.75 Å². The van der Waals surface area contributed by atoms with E-state index < -0.39 is 5.97 Å². The van der Waals surface area contributed by atoms with Crippen molar-refractivity contribution in [3.63, 3.8) is 0 Å². The molecular formula is C15H21NO3. The first-order valence-electron chi connectivity index (χ1n) is 6.33. The maximum atomic E-state index is 10.6. The van der Waals surface area contributed by atoms with Gasteiger partial charge in [0.25, 0.3) is 0 Å². The summed E-state index contributed by atoms with van der Waals surface area (Å²) in [4.78, 5) is 12.8. The number of carboxylic acids is 1. The van der Waals surface area contributed by atoms with Gasteiger partial charge in [-0.1, -0.05) is 13.0 Å². The van der Waals surface area contributed by atoms with Crippen LogP contribution in [0.2, 0.25) is 0 Å². The first-order valence-corrected chi connectivity index (χ1v) is 6.33. The number of hydrogen-bond acceptors (Lipinski definition) is 3. The average Bonchev–Trinajstić information content (AvgIpc) is 2.37. The van der Waals surface area contributed by atoms with Gasteiger partial charge >= 0.3 is 5.97 Å². The van der Waals surface area contributed by atoms with Crippen molar-refractivity contribution in [2.45, 2.75) is 19.9 Å². The van der Waals surface area contributed by atoms with Crippen LogP contribution in [0.4, 0.5) is 0 Å². The van der Waals surface area contributed by atoms with Gasteiger partial charge in [-0.25, -0.2) is 4.79 Å². The van der Waals surface area contributed by atoms with Crippen LogP contribution in [0.1, 0.15) is 24.5 Å². The van der Waals surface area contributed by atoms with Gasteiger partial charge in [-0.05, 0) is 49.3 Å². The van der Waals surface area contributed by atoms with E-state index in [1.165, 1.54) is 0 Å². The zero-order valence-corrected chi connectivity index (χ0v) is 11.7. The van der Waals surface area contributed by atoms with Gasteiger partial charge in [-0.15, -0.1) is 0 Å². The summed E-state index contributed by atoms with van der Waals surface area (Å²) < 4.78 is 5.22. The zero-order valence-electron chi connectivity index (χ0n) is 11.7. The van der Waals surface area contributed by atoms with Crippen molar-refractivity contribution in [1.82, 2.24) is 4.90 Å². The molecule has 1 N–H and O–H groups in total. The van der Waals surface area contributed by atoms with Crippen molar-refractivity contribution in [2.24, 2.45) is 0 Å². The van der Waals surface area contributed by atoms with E-state index in [1.54, 1.807) is 13.2 Å². The van der Waals surface area contributed by atoms with E-state index in [0.717, 1.165) is 42.5 Å². The zero-order chi connectivity index (χ0) is 14.3. The van der Waals surface area contributed by atoms with Gasteiger partial charge in [0, 0.05) is 12.6 Å². The lowest BCUT2D eigenvalue weighted by Crippen LogP contribution is -2.19. The molecule has 0 saturated carbocycles. The van der Waals surface area contributed by atoms with Gasteiger partial charge in [0.2, 0.25) is 0 Å². The Morgan fingerprint density at radius 1 is 1.47 bits per heavy atom. The van der Waals surface area contributed by atoms with Crippen molar-refractivity contribution in [2.75, 3.05) is 20.7 Å². The summed E-state index contributed by atoms with van der Waals surface area (Å²) in [5.41, 5.74) is 1.97. The van der Waals surface area contributed by atoms with Crippen LogP contribution in [0.15, 0.2) is 24.3 Å². The summed E-state index contributed by atoms with van der Waals surface area (Å²) >= 11 is 0. The first kappa shape index (κ1) is 15.2. The Hall–Kier alpha value is -1.81. The number of hydrogen-bond donors (Lipinski definition) is 1. The number of carbonyl (C=O) groups is 1. The first-order chi connectivity index (χ1) is 9.06. The second-order valence-electron chi connectivity index (χ2n) is 4.47. The van der Waals surface area contributed by atoms with Gasteiger partial charge in [0.05, 0.1) is 7.11 Å². The smallest absolute Gasteiger partial charge is 0.328 e. The molecule has 0 atom stereocenters. The third-order valence-electron chi connectivity index (χ3n) is 2.80. The molecule has 0 saturated heterocycles. The predicted molar refractivity (Wildman–Crippen MR) is 76.3 cm³/mol. The molecule has 0 bridgehead atoms. The number of nitrogens with zero attached hydrogens (tertiary/aromatic N) is 1. The lowest BCUT2D eigenvalue weighted by Gasteiger charge is -2.17. The lowest BCUT2D eigenvalue weighted by molar-refractivity contribution is -0.131. The van der Waals surface area contributed by atoms with Gasteiger partial charge in [-0.2, -0.15) is 0 Å². The highest BCUT2D eigenvalue weighted by Gasteiger charge is 2.06. The number of methoxy groups -OCH3 is 1. The molecular weight excluding hydrogens is 242 g/mol. The Labute approximate surface area is 114 Å². The normalized spacial score (nSPS) is 11.2. The van der Waals surface area contributed by atoms with E-state index >= 15 is 0 Å². The Morgan fingerprint density at radius 3 is 2.79 bits per heavy atom. The number of rotatable bonds is 7. The maximum Gasteiger partial charge on any atom is 0.328 e. The predicted octanol–water partition coefficient (Wildman–Crippen LogP) is 2.63. The standard InChI is InChI=1S/C15H21NO3/c1-4-9-16(2)11-13-10-14(19-3)7-5-12(13)6-8-15(17)18/h5-8,10H,4,9,11H2,1-3H3,(H,17,18). The van der Waals surface area contributed by atoms with Crippen LogP contribution in [0, 0.1) is 0 Å². The van der Waals surface area contributed by atoms with Gasteiger partial charge in [-0.3, -0.25) is 0 Å². The Kier molecular flexibility index (Phi) is 6.09. The van der Waals surface area contributed by atoms with Crippen molar-refractivity contribution in [1.29, 1.82) is 0 Å². The summed E-state index contributed by atoms with van der Waals surface area (Å²) in [7, 11) is 3.68. The van der Waals surface area contributed by atoms with Crippen molar-refractivity contribution in [3.05, 3.63) is 35.4 Å². The molecule has 0 spiro atoms. The summed E-state index contributed by atoms with van der Waals surface area (Å²) in [6.07, 6.45) is 3.86. The van der Waals surface area contributed by atoms with Crippen molar-refractivity contribution >= 4 is 12.0 Å². The van der Waals surface area contributed by atoms with E-state index in [0.29, 0.717) is 0 Å². The van der Waals surface area contributed by atoms with Gasteiger partial charge in [0.15, 0.2) is 0 Å². The molecule has 19 heavy (non-hydrogen) atoms. The molecule has 0 unspecified atom stereocenters. The summed E-state index contributed by atoms with van der Waals surface area (Å²) in [5.74, 6) is -0.156. The molecule has 0 aromatic heterocycles. The van der Waals surface area contributed by atoms with Crippen LogP contribution in [-0.2, 0) is 11.3 Å². The summed E-state index contributed by atoms with van der Waals surface area (Å²) in [5, 5.41) is 8.71. The van der Waals surface area contributed by atoms with Gasteiger partial charge < -0.3 is 14.7 Å². The van der Waals surface area contributed by atoms with Gasteiger partial charge in [0.1, 0.15) is 5.75 Å². The molecule has 1 rings (SSSR count). The molecule has 4 nitrogen and oxygen atoms in total. The molecule has 1 aromatic carbocycles. The fourth-order valence-electron chi connectivity index (χ4n) is 1.92. The topological polar surface area (TPSA) is 49.8 Å². The molecule has 0 aliphatic heterocycles. The molecule has 0 aliphatic carbocycles. The third-order valence-corrected chi connectivity index (χ3v) is 2.80. The van der Waals surface area contributed by atoms with E-state index in [4.69, 9.17) is 9.84 Å². The number of carboxylic acid groups (broad SMARTS) is 1. The fourth-order valence-corrected chi connectivity index (χ4v) is 1.92. The van der Waals surface area contributed by atoms with Crippen LogP contribution in [0.25, 0.3) is 6.08 Å². The second-order valence-corrected chi connectivity index (χ2v) is 4.47. The van der Waals surface area contributed by atoms with Crippen molar-refractivity contribution < 1.29 is 14.6 Å². The molecule has 0 aliphatic rings. The van der Waals surface area contributed by atoms with Crippen LogP contribution in [-0.4, -0.2) is 36.7 Å². The molecule has 0 amide bonds. The minimum Gasteiger partial charge on any atom is -0.497 e. The summed E-state index contributed by atoms with van der Waals surface area (Å²) in [6, 6.07) is 5.67. The summed E-state index contributed by atoms with van der Waals surface area (Å²) in [6.45, 7) is 3.90. The van der Waals surface area contributed by atoms with Crippen LogP contribution >= 0.6 is 0 Å². The van der Waals surface area contributed by atoms with E-state index in [1.807, 2.05) is 25.2 Å².